The van der Waals surface area contributed by atoms with Crippen LogP contribution in [0.1, 0.15) is 60.3 Å². The normalized spacial score (nSPS) is 23.8. The Kier molecular flexibility index (Phi) is 7.26. The summed E-state index contributed by atoms with van der Waals surface area (Å²) in [6.45, 7) is 12.9. The van der Waals surface area contributed by atoms with Gasteiger partial charge in [0.2, 0.25) is 0 Å². The lowest BCUT2D eigenvalue weighted by Crippen LogP contribution is -2.44. The molecule has 0 amide bonds. The third-order valence-corrected chi connectivity index (χ3v) is 3.23. The van der Waals surface area contributed by atoms with Crippen molar-refractivity contribution in [3.63, 3.8) is 0 Å². The van der Waals surface area contributed by atoms with Gasteiger partial charge in [0.05, 0.1) is 0 Å². The van der Waals surface area contributed by atoms with E-state index in [1.165, 1.54) is 38.8 Å². The van der Waals surface area contributed by atoms with Crippen LogP contribution in [0.4, 0.5) is 0 Å². The average Bonchev–Trinajstić information content (AvgIpc) is 2.23. The summed E-state index contributed by atoms with van der Waals surface area (Å²) in [5.41, 5.74) is 0.810. The van der Waals surface area contributed by atoms with E-state index in [9.17, 15) is 0 Å². The van der Waals surface area contributed by atoms with Crippen LogP contribution in [-0.4, -0.2) is 13.1 Å². The molecule has 0 aromatic heterocycles. The number of nitrogens with one attached hydrogen (secondary N) is 1. The van der Waals surface area contributed by atoms with Crippen molar-refractivity contribution in [1.82, 2.24) is 5.32 Å². The van der Waals surface area contributed by atoms with Crippen molar-refractivity contribution >= 4 is 0 Å². The maximum Gasteiger partial charge on any atom is -0.00436 e. The molecule has 1 heterocycles. The number of hydrogen-bond acceptors (Lipinski definition) is 1. The molecule has 1 nitrogen and oxygen atoms in total. The molecule has 0 aromatic carbocycles. The first kappa shape index (κ1) is 14.0. The van der Waals surface area contributed by atoms with Crippen LogP contribution in [0.25, 0.3) is 0 Å². The molecule has 1 aliphatic carbocycles. The van der Waals surface area contributed by atoms with Crippen molar-refractivity contribution in [2.45, 2.75) is 60.3 Å². The van der Waals surface area contributed by atoms with Gasteiger partial charge in [-0.25, -0.2) is 0 Å². The summed E-state index contributed by atoms with van der Waals surface area (Å²) in [4.78, 5) is 0. The highest BCUT2D eigenvalue weighted by molar-refractivity contribution is 4.94. The first-order valence-corrected chi connectivity index (χ1v) is 6.52. The molecule has 0 bridgehead atoms. The van der Waals surface area contributed by atoms with Gasteiger partial charge in [0.15, 0.2) is 0 Å². The summed E-state index contributed by atoms with van der Waals surface area (Å²) in [6, 6.07) is 0. The molecular formula is C13H29N. The van der Waals surface area contributed by atoms with E-state index in [1.54, 1.807) is 0 Å². The van der Waals surface area contributed by atoms with Gasteiger partial charge in [-0.2, -0.15) is 0 Å². The second-order valence-electron chi connectivity index (χ2n) is 4.26. The molecule has 0 aromatic rings. The van der Waals surface area contributed by atoms with Crippen LogP contribution in [0, 0.1) is 11.3 Å². The highest BCUT2D eigenvalue weighted by Crippen LogP contribution is 2.51. The molecule has 2 fully saturated rings. The van der Waals surface area contributed by atoms with Crippen molar-refractivity contribution in [2.24, 2.45) is 11.3 Å². The lowest BCUT2D eigenvalue weighted by Gasteiger charge is -2.49. The van der Waals surface area contributed by atoms with Crippen LogP contribution < -0.4 is 5.32 Å². The third kappa shape index (κ3) is 3.61. The summed E-state index contributed by atoms with van der Waals surface area (Å²) in [5.74, 6) is 1.03. The molecule has 0 atom stereocenters. The van der Waals surface area contributed by atoms with E-state index in [0.29, 0.717) is 0 Å². The molecule has 1 saturated carbocycles. The van der Waals surface area contributed by atoms with Gasteiger partial charge in [0, 0.05) is 0 Å². The van der Waals surface area contributed by atoms with E-state index in [0.717, 1.165) is 11.3 Å². The molecule has 1 N–H and O–H groups in total. The Morgan fingerprint density at radius 2 is 1.36 bits per heavy atom. The zero-order valence-corrected chi connectivity index (χ0v) is 10.8. The predicted molar refractivity (Wildman–Crippen MR) is 65.6 cm³/mol. The Morgan fingerprint density at radius 1 is 0.929 bits per heavy atom. The van der Waals surface area contributed by atoms with Crippen LogP contribution in [-0.2, 0) is 0 Å². The fraction of sp³-hybridized carbons (Fsp3) is 1.00. The lowest BCUT2D eigenvalue weighted by molar-refractivity contribution is 0.0315. The van der Waals surface area contributed by atoms with E-state index in [2.05, 4.69) is 12.2 Å². The third-order valence-electron chi connectivity index (χ3n) is 3.23. The largest absolute Gasteiger partial charge is 0.317 e. The predicted octanol–water partition coefficient (Wildman–Crippen LogP) is 3.84. The topological polar surface area (TPSA) is 12.0 Å². The standard InChI is InChI=1S/C9H17N.2C2H6/c1-8-6-9(7-8)2-4-10-5-3-9;2*1-2/h8,10H,2-7H2,1H3;2*1-2H3. The van der Waals surface area contributed by atoms with Gasteiger partial charge in [-0.15, -0.1) is 0 Å². The molecule has 86 valence electrons. The summed E-state index contributed by atoms with van der Waals surface area (Å²) < 4.78 is 0. The zero-order chi connectivity index (χ0) is 11.0. The van der Waals surface area contributed by atoms with Gasteiger partial charge < -0.3 is 5.32 Å². The molecule has 0 unspecified atom stereocenters. The molecule has 14 heavy (non-hydrogen) atoms. The van der Waals surface area contributed by atoms with Gasteiger partial charge in [-0.3, -0.25) is 0 Å². The Morgan fingerprint density at radius 3 is 1.71 bits per heavy atom. The van der Waals surface area contributed by atoms with E-state index < -0.39 is 0 Å². The van der Waals surface area contributed by atoms with E-state index in [4.69, 9.17) is 0 Å². The second kappa shape index (κ2) is 7.28. The highest BCUT2D eigenvalue weighted by Gasteiger charge is 2.41. The molecule has 2 rings (SSSR count). The minimum atomic E-state index is 0.810. The Balaban J connectivity index is 0.000000379. The van der Waals surface area contributed by atoms with Crippen molar-refractivity contribution in [2.75, 3.05) is 13.1 Å². The summed E-state index contributed by atoms with van der Waals surface area (Å²) in [6.07, 6.45) is 5.90. The quantitative estimate of drug-likeness (QED) is 0.625. The molecule has 1 spiro atoms. The zero-order valence-electron chi connectivity index (χ0n) is 10.8. The SMILES string of the molecule is CC.CC.CC1CC2(CCNCC2)C1. The van der Waals surface area contributed by atoms with Crippen LogP contribution in [0.2, 0.25) is 0 Å². The molecule has 1 aliphatic heterocycles. The number of piperidine rings is 1. The van der Waals surface area contributed by atoms with Crippen LogP contribution in [0.15, 0.2) is 0 Å². The van der Waals surface area contributed by atoms with E-state index in [1.807, 2.05) is 27.7 Å². The van der Waals surface area contributed by atoms with E-state index >= 15 is 0 Å². The lowest BCUT2D eigenvalue weighted by atomic mass is 9.58. The fourth-order valence-corrected chi connectivity index (χ4v) is 2.78. The van der Waals surface area contributed by atoms with Gasteiger partial charge in [0.25, 0.3) is 0 Å². The van der Waals surface area contributed by atoms with Crippen molar-refractivity contribution in [3.8, 4) is 0 Å². The average molecular weight is 199 g/mol. The summed E-state index contributed by atoms with van der Waals surface area (Å²) in [7, 11) is 0. The number of hydrogen-bond donors (Lipinski definition) is 1. The Bertz CT molecular complexity index is 110. The first-order valence-electron chi connectivity index (χ1n) is 6.52. The smallest absolute Gasteiger partial charge is 0.00436 e. The molecule has 1 saturated heterocycles. The maximum atomic E-state index is 3.42. The Labute approximate surface area is 90.7 Å². The molecule has 1 heteroatoms. The monoisotopic (exact) mass is 199 g/mol. The van der Waals surface area contributed by atoms with Crippen LogP contribution >= 0.6 is 0 Å². The fourth-order valence-electron chi connectivity index (χ4n) is 2.78. The van der Waals surface area contributed by atoms with Gasteiger partial charge in [-0.05, 0) is 50.1 Å². The molecule has 2 aliphatic rings. The molecular weight excluding hydrogens is 170 g/mol. The van der Waals surface area contributed by atoms with E-state index in [-0.39, 0.29) is 0 Å². The molecule has 0 radical (unpaired) electrons. The van der Waals surface area contributed by atoms with Crippen LogP contribution in [0.5, 0.6) is 0 Å². The van der Waals surface area contributed by atoms with Crippen molar-refractivity contribution in [1.29, 1.82) is 0 Å². The minimum absolute atomic E-state index is 0.810. The van der Waals surface area contributed by atoms with Crippen LogP contribution in [0.3, 0.4) is 0 Å². The highest BCUT2D eigenvalue weighted by atomic mass is 14.9. The van der Waals surface area contributed by atoms with Crippen molar-refractivity contribution in [3.05, 3.63) is 0 Å². The Hall–Kier alpha value is -0.0400. The van der Waals surface area contributed by atoms with Gasteiger partial charge >= 0.3 is 0 Å². The van der Waals surface area contributed by atoms with Gasteiger partial charge in [0.1, 0.15) is 0 Å². The minimum Gasteiger partial charge on any atom is -0.317 e. The first-order chi connectivity index (χ1) is 6.81. The van der Waals surface area contributed by atoms with Gasteiger partial charge in [-0.1, -0.05) is 34.6 Å². The van der Waals surface area contributed by atoms with Crippen molar-refractivity contribution < 1.29 is 0 Å². The summed E-state index contributed by atoms with van der Waals surface area (Å²) in [5, 5.41) is 3.42. The maximum absolute atomic E-state index is 3.42. The second-order valence-corrected chi connectivity index (χ2v) is 4.26. The number of rotatable bonds is 0. The summed E-state index contributed by atoms with van der Waals surface area (Å²) >= 11 is 0.